The lowest BCUT2D eigenvalue weighted by molar-refractivity contribution is 0.627. The lowest BCUT2D eigenvalue weighted by Crippen LogP contribution is -1.97. The van der Waals surface area contributed by atoms with Crippen molar-refractivity contribution in [2.24, 2.45) is 0 Å². The molecule has 0 atom stereocenters. The van der Waals surface area contributed by atoms with Gasteiger partial charge < -0.3 is 0 Å². The van der Waals surface area contributed by atoms with Crippen molar-refractivity contribution in [1.82, 2.24) is 9.55 Å². The Morgan fingerprint density at radius 1 is 0.760 bits per heavy atom. The van der Waals surface area contributed by atoms with Crippen molar-refractivity contribution < 1.29 is 4.39 Å². The van der Waals surface area contributed by atoms with Gasteiger partial charge in [-0.2, -0.15) is 0 Å². The molecule has 2 nitrogen and oxygen atoms in total. The van der Waals surface area contributed by atoms with Crippen LogP contribution in [0.4, 0.5) is 4.39 Å². The minimum absolute atomic E-state index is 0. The highest BCUT2D eigenvalue weighted by Gasteiger charge is 2.10. The molecule has 124 valence electrons. The molecular formula is C21H16ClFN2. The lowest BCUT2D eigenvalue weighted by Gasteiger charge is -2.07. The van der Waals surface area contributed by atoms with Gasteiger partial charge in [-0.3, -0.25) is 4.57 Å². The number of hydrogen-bond acceptors (Lipinski definition) is 1. The molecule has 0 aliphatic heterocycles. The summed E-state index contributed by atoms with van der Waals surface area (Å²) in [7, 11) is 0. The van der Waals surface area contributed by atoms with Gasteiger partial charge in [0.1, 0.15) is 11.6 Å². The lowest BCUT2D eigenvalue weighted by atomic mass is 10.2. The monoisotopic (exact) mass is 350 g/mol. The van der Waals surface area contributed by atoms with E-state index in [1.807, 2.05) is 71.3 Å². The molecule has 0 saturated heterocycles. The molecule has 3 aromatic carbocycles. The SMILES string of the molecule is Cl.Fc1ccc(-n2c(C=Cc3ccccc3)nc3ccccc32)cc1. The molecule has 0 amide bonds. The Balaban J connectivity index is 0.00000182. The van der Waals surface area contributed by atoms with Gasteiger partial charge in [-0.05, 0) is 48.0 Å². The number of imidazole rings is 1. The van der Waals surface area contributed by atoms with Gasteiger partial charge in [0.2, 0.25) is 0 Å². The first kappa shape index (κ1) is 16.9. The van der Waals surface area contributed by atoms with Crippen LogP contribution in [0.3, 0.4) is 0 Å². The molecule has 4 aromatic rings. The second-order valence-corrected chi connectivity index (χ2v) is 5.51. The zero-order valence-electron chi connectivity index (χ0n) is 13.3. The van der Waals surface area contributed by atoms with Crippen LogP contribution >= 0.6 is 12.4 Å². The molecule has 0 spiro atoms. The number of rotatable bonds is 3. The van der Waals surface area contributed by atoms with Crippen molar-refractivity contribution >= 4 is 35.6 Å². The van der Waals surface area contributed by atoms with Crippen molar-refractivity contribution in [3.63, 3.8) is 0 Å². The van der Waals surface area contributed by atoms with Crippen LogP contribution in [-0.2, 0) is 0 Å². The third kappa shape index (κ3) is 3.47. The van der Waals surface area contributed by atoms with Crippen molar-refractivity contribution in [2.45, 2.75) is 0 Å². The van der Waals surface area contributed by atoms with Crippen LogP contribution in [0.1, 0.15) is 11.4 Å². The highest BCUT2D eigenvalue weighted by Crippen LogP contribution is 2.23. The summed E-state index contributed by atoms with van der Waals surface area (Å²) in [6, 6.07) is 24.5. The first-order valence-corrected chi connectivity index (χ1v) is 7.78. The van der Waals surface area contributed by atoms with Crippen LogP contribution in [0, 0.1) is 5.82 Å². The molecule has 0 aliphatic carbocycles. The molecular weight excluding hydrogens is 335 g/mol. The summed E-state index contributed by atoms with van der Waals surface area (Å²) in [6.45, 7) is 0. The van der Waals surface area contributed by atoms with Gasteiger partial charge in [-0.1, -0.05) is 48.5 Å². The van der Waals surface area contributed by atoms with Crippen molar-refractivity contribution in [2.75, 3.05) is 0 Å². The first-order valence-electron chi connectivity index (χ1n) is 7.78. The zero-order chi connectivity index (χ0) is 16.4. The minimum Gasteiger partial charge on any atom is -0.293 e. The molecule has 25 heavy (non-hydrogen) atoms. The van der Waals surface area contributed by atoms with Gasteiger partial charge in [-0.25, -0.2) is 9.37 Å². The molecule has 1 aromatic heterocycles. The number of fused-ring (bicyclic) bond motifs is 1. The zero-order valence-corrected chi connectivity index (χ0v) is 14.2. The molecule has 4 heteroatoms. The van der Waals surface area contributed by atoms with Crippen LogP contribution in [-0.4, -0.2) is 9.55 Å². The van der Waals surface area contributed by atoms with Gasteiger partial charge in [0, 0.05) is 5.69 Å². The van der Waals surface area contributed by atoms with E-state index < -0.39 is 0 Å². The topological polar surface area (TPSA) is 17.8 Å². The Bertz CT molecular complexity index is 1010. The summed E-state index contributed by atoms with van der Waals surface area (Å²) in [5.41, 5.74) is 3.90. The smallest absolute Gasteiger partial charge is 0.138 e. The number of para-hydroxylation sites is 2. The molecule has 4 rings (SSSR count). The fourth-order valence-electron chi connectivity index (χ4n) is 2.75. The minimum atomic E-state index is -0.246. The van der Waals surface area contributed by atoms with E-state index in [4.69, 9.17) is 4.98 Å². The summed E-state index contributed by atoms with van der Waals surface area (Å²) < 4.78 is 15.3. The highest BCUT2D eigenvalue weighted by molar-refractivity contribution is 5.85. The van der Waals surface area contributed by atoms with Gasteiger partial charge in [-0.15, -0.1) is 12.4 Å². The predicted octanol–water partition coefficient (Wildman–Crippen LogP) is 5.76. The van der Waals surface area contributed by atoms with E-state index in [1.54, 1.807) is 12.1 Å². The summed E-state index contributed by atoms with van der Waals surface area (Å²) in [5.74, 6) is 0.566. The van der Waals surface area contributed by atoms with E-state index in [1.165, 1.54) is 12.1 Å². The number of aromatic nitrogens is 2. The Hall–Kier alpha value is -2.91. The molecule has 0 bridgehead atoms. The number of halogens is 2. The van der Waals surface area contributed by atoms with E-state index in [2.05, 4.69) is 0 Å². The molecule has 0 aliphatic rings. The normalized spacial score (nSPS) is 10.9. The average molecular weight is 351 g/mol. The van der Waals surface area contributed by atoms with Gasteiger partial charge in [0.25, 0.3) is 0 Å². The van der Waals surface area contributed by atoms with Gasteiger partial charge in [0.05, 0.1) is 11.0 Å². The van der Waals surface area contributed by atoms with E-state index in [0.29, 0.717) is 0 Å². The molecule has 0 radical (unpaired) electrons. The summed E-state index contributed by atoms with van der Waals surface area (Å²) >= 11 is 0. The van der Waals surface area contributed by atoms with E-state index in [-0.39, 0.29) is 18.2 Å². The second-order valence-electron chi connectivity index (χ2n) is 5.51. The summed E-state index contributed by atoms with van der Waals surface area (Å²) in [4.78, 5) is 4.71. The van der Waals surface area contributed by atoms with Crippen LogP contribution in [0.25, 0.3) is 28.9 Å². The Morgan fingerprint density at radius 3 is 2.20 bits per heavy atom. The molecule has 0 unspecified atom stereocenters. The third-order valence-electron chi connectivity index (χ3n) is 3.90. The number of benzene rings is 3. The Kier molecular flexibility index (Phi) is 4.96. The predicted molar refractivity (Wildman–Crippen MR) is 104 cm³/mol. The third-order valence-corrected chi connectivity index (χ3v) is 3.90. The number of hydrogen-bond donors (Lipinski definition) is 0. The van der Waals surface area contributed by atoms with Gasteiger partial charge >= 0.3 is 0 Å². The second kappa shape index (κ2) is 7.32. The molecule has 0 fully saturated rings. The van der Waals surface area contributed by atoms with Crippen molar-refractivity contribution in [3.8, 4) is 5.69 Å². The molecule has 1 heterocycles. The largest absolute Gasteiger partial charge is 0.293 e. The van der Waals surface area contributed by atoms with Crippen molar-refractivity contribution in [3.05, 3.63) is 96.1 Å². The Morgan fingerprint density at radius 2 is 1.44 bits per heavy atom. The fourth-order valence-corrected chi connectivity index (χ4v) is 2.75. The maximum absolute atomic E-state index is 13.3. The van der Waals surface area contributed by atoms with E-state index in [0.717, 1.165) is 28.1 Å². The molecule has 0 N–H and O–H groups in total. The quantitative estimate of drug-likeness (QED) is 0.459. The van der Waals surface area contributed by atoms with Gasteiger partial charge in [0.15, 0.2) is 0 Å². The summed E-state index contributed by atoms with van der Waals surface area (Å²) in [6.07, 6.45) is 4.01. The van der Waals surface area contributed by atoms with Crippen molar-refractivity contribution in [1.29, 1.82) is 0 Å². The van der Waals surface area contributed by atoms with E-state index >= 15 is 0 Å². The van der Waals surface area contributed by atoms with Crippen LogP contribution in [0.2, 0.25) is 0 Å². The fraction of sp³-hybridized carbons (Fsp3) is 0. The Labute approximate surface area is 151 Å². The average Bonchev–Trinajstić information content (AvgIpc) is 3.00. The maximum atomic E-state index is 13.3. The van der Waals surface area contributed by atoms with E-state index in [9.17, 15) is 4.39 Å². The molecule has 0 saturated carbocycles. The highest BCUT2D eigenvalue weighted by atomic mass is 35.5. The summed E-state index contributed by atoms with van der Waals surface area (Å²) in [5, 5.41) is 0. The number of nitrogens with zero attached hydrogens (tertiary/aromatic N) is 2. The maximum Gasteiger partial charge on any atom is 0.138 e. The van der Waals surface area contributed by atoms with Crippen LogP contribution in [0.5, 0.6) is 0 Å². The van der Waals surface area contributed by atoms with Crippen LogP contribution < -0.4 is 0 Å². The van der Waals surface area contributed by atoms with Crippen LogP contribution in [0.15, 0.2) is 78.9 Å². The standard InChI is InChI=1S/C21H15FN2.ClH/c22-17-11-13-18(14-12-17)24-20-9-5-4-8-19(20)23-21(24)15-10-16-6-2-1-3-7-16;/h1-15H;1H. The first-order chi connectivity index (χ1) is 11.8.